The highest BCUT2D eigenvalue weighted by atomic mass is 16.6. The molecule has 0 rings (SSSR count). The average Bonchev–Trinajstić information content (AvgIpc) is 2.71. The third-order valence-corrected chi connectivity index (χ3v) is 4.89. The molecule has 0 fully saturated rings. The molecule has 186 valence electrons. The van der Waals surface area contributed by atoms with Gasteiger partial charge in [-0.15, -0.1) is 0 Å². The molecule has 2 atom stereocenters. The summed E-state index contributed by atoms with van der Waals surface area (Å²) in [5.74, 6) is -5.15. The second-order valence-electron chi connectivity index (χ2n) is 8.04. The summed E-state index contributed by atoms with van der Waals surface area (Å²) in [4.78, 5) is 45.0. The van der Waals surface area contributed by atoms with Crippen LogP contribution in [0.3, 0.4) is 0 Å². The molecule has 0 amide bonds. The molecule has 10 nitrogen and oxygen atoms in total. The van der Waals surface area contributed by atoms with Gasteiger partial charge in [0.1, 0.15) is 19.3 Å². The van der Waals surface area contributed by atoms with Crippen LogP contribution in [-0.4, -0.2) is 69.2 Å². The number of carboxylic acid groups (broad SMARTS) is 2. The van der Waals surface area contributed by atoms with Crippen molar-refractivity contribution in [2.45, 2.75) is 102 Å². The smallest absolute Gasteiger partial charge is 0.336 e. The highest BCUT2D eigenvalue weighted by Crippen LogP contribution is 2.17. The standard InChI is InChI=1S/C22H38O10/c1-2-3-4-5-6-7-8-9-10-11-12-19(26)31-15-17(23)16-32-20(27)14-22(30,21(28)29)13-18(24)25/h17,23,30H,2-16H2,1H3,(H,24,25)(H,28,29). The lowest BCUT2D eigenvalue weighted by Crippen LogP contribution is -2.43. The molecular formula is C22H38O10. The molecule has 0 radical (unpaired) electrons. The number of aliphatic carboxylic acids is 2. The van der Waals surface area contributed by atoms with Crippen molar-refractivity contribution in [2.75, 3.05) is 13.2 Å². The van der Waals surface area contributed by atoms with Crippen molar-refractivity contribution in [3.63, 3.8) is 0 Å². The Bertz CT molecular complexity index is 577. The second kappa shape index (κ2) is 17.4. The van der Waals surface area contributed by atoms with Crippen LogP contribution in [0.1, 0.15) is 90.4 Å². The van der Waals surface area contributed by atoms with Crippen LogP contribution in [0.15, 0.2) is 0 Å². The van der Waals surface area contributed by atoms with Crippen molar-refractivity contribution in [3.8, 4) is 0 Å². The van der Waals surface area contributed by atoms with E-state index >= 15 is 0 Å². The van der Waals surface area contributed by atoms with Gasteiger partial charge in [0.05, 0.1) is 12.8 Å². The molecule has 0 bridgehead atoms. The normalized spacial score (nSPS) is 13.7. The number of carboxylic acids is 2. The highest BCUT2D eigenvalue weighted by molar-refractivity contribution is 5.88. The number of aliphatic hydroxyl groups is 2. The van der Waals surface area contributed by atoms with Crippen molar-refractivity contribution in [1.82, 2.24) is 0 Å². The number of carbonyl (C=O) groups excluding carboxylic acids is 2. The molecule has 0 saturated heterocycles. The van der Waals surface area contributed by atoms with Gasteiger partial charge in [-0.1, -0.05) is 64.7 Å². The summed E-state index contributed by atoms with van der Waals surface area (Å²) in [6.07, 6.45) is 8.00. The molecule has 4 N–H and O–H groups in total. The minimum absolute atomic E-state index is 0.226. The topological polar surface area (TPSA) is 168 Å². The molecule has 2 unspecified atom stereocenters. The zero-order valence-corrected chi connectivity index (χ0v) is 18.9. The van der Waals surface area contributed by atoms with E-state index in [2.05, 4.69) is 11.7 Å². The van der Waals surface area contributed by atoms with Gasteiger partial charge in [-0.3, -0.25) is 14.4 Å². The summed E-state index contributed by atoms with van der Waals surface area (Å²) < 4.78 is 9.54. The van der Waals surface area contributed by atoms with Crippen LogP contribution >= 0.6 is 0 Å². The van der Waals surface area contributed by atoms with E-state index in [1.807, 2.05) is 0 Å². The lowest BCUT2D eigenvalue weighted by molar-refractivity contribution is -0.173. The van der Waals surface area contributed by atoms with Crippen LogP contribution in [0.2, 0.25) is 0 Å². The summed E-state index contributed by atoms with van der Waals surface area (Å²) in [5.41, 5.74) is -2.81. The zero-order chi connectivity index (χ0) is 24.4. The molecule has 0 aliphatic heterocycles. The fourth-order valence-corrected chi connectivity index (χ4v) is 3.01. The van der Waals surface area contributed by atoms with Crippen molar-refractivity contribution in [2.24, 2.45) is 0 Å². The van der Waals surface area contributed by atoms with E-state index in [1.54, 1.807) is 0 Å². The minimum atomic E-state index is -2.81. The maximum Gasteiger partial charge on any atom is 0.336 e. The third-order valence-electron chi connectivity index (χ3n) is 4.89. The monoisotopic (exact) mass is 462 g/mol. The fourth-order valence-electron chi connectivity index (χ4n) is 3.01. The second-order valence-corrected chi connectivity index (χ2v) is 8.04. The van der Waals surface area contributed by atoms with Gasteiger partial charge >= 0.3 is 23.9 Å². The van der Waals surface area contributed by atoms with E-state index < -0.39 is 61.6 Å². The van der Waals surface area contributed by atoms with Gasteiger partial charge in [-0.05, 0) is 6.42 Å². The summed E-state index contributed by atoms with van der Waals surface area (Å²) in [7, 11) is 0. The number of ether oxygens (including phenoxy) is 2. The van der Waals surface area contributed by atoms with E-state index in [9.17, 15) is 29.4 Å². The number of hydrogen-bond donors (Lipinski definition) is 4. The summed E-state index contributed by atoms with van der Waals surface area (Å²) in [6, 6.07) is 0. The van der Waals surface area contributed by atoms with Crippen molar-refractivity contribution < 1.29 is 49.1 Å². The van der Waals surface area contributed by atoms with Gasteiger partial charge < -0.3 is 29.9 Å². The molecule has 0 saturated carbocycles. The molecule has 0 aliphatic rings. The molecule has 0 aliphatic carbocycles. The van der Waals surface area contributed by atoms with Crippen LogP contribution in [0.4, 0.5) is 0 Å². The summed E-state index contributed by atoms with van der Waals surface area (Å²) in [6.45, 7) is 1.20. The van der Waals surface area contributed by atoms with Gasteiger partial charge in [0.25, 0.3) is 0 Å². The predicted molar refractivity (Wildman–Crippen MR) is 114 cm³/mol. The zero-order valence-electron chi connectivity index (χ0n) is 18.9. The molecule has 0 aromatic rings. The minimum Gasteiger partial charge on any atom is -0.481 e. The Kier molecular flexibility index (Phi) is 16.2. The Morgan fingerprint density at radius 3 is 1.69 bits per heavy atom. The van der Waals surface area contributed by atoms with E-state index in [0.717, 1.165) is 19.3 Å². The van der Waals surface area contributed by atoms with Crippen molar-refractivity contribution >= 4 is 23.9 Å². The van der Waals surface area contributed by atoms with Gasteiger partial charge in [0.2, 0.25) is 0 Å². The quantitative estimate of drug-likeness (QED) is 0.156. The highest BCUT2D eigenvalue weighted by Gasteiger charge is 2.41. The van der Waals surface area contributed by atoms with Crippen LogP contribution in [-0.2, 0) is 28.7 Å². The van der Waals surface area contributed by atoms with Crippen LogP contribution in [0.25, 0.3) is 0 Å². The van der Waals surface area contributed by atoms with Crippen molar-refractivity contribution in [1.29, 1.82) is 0 Å². The Labute approximate surface area is 188 Å². The summed E-state index contributed by atoms with van der Waals surface area (Å²) in [5, 5.41) is 37.0. The van der Waals surface area contributed by atoms with Gasteiger partial charge in [-0.2, -0.15) is 0 Å². The van der Waals surface area contributed by atoms with Gasteiger partial charge in [-0.25, -0.2) is 4.79 Å². The molecular weight excluding hydrogens is 424 g/mol. The first kappa shape index (κ1) is 29.8. The van der Waals surface area contributed by atoms with Crippen LogP contribution < -0.4 is 0 Å². The number of rotatable bonds is 20. The first-order valence-corrected chi connectivity index (χ1v) is 11.3. The maximum atomic E-state index is 11.7. The number of esters is 2. The Balaban J connectivity index is 3.87. The molecule has 0 spiro atoms. The van der Waals surface area contributed by atoms with Crippen molar-refractivity contribution in [3.05, 3.63) is 0 Å². The van der Waals surface area contributed by atoms with Crippen LogP contribution in [0.5, 0.6) is 0 Å². The predicted octanol–water partition coefficient (Wildman–Crippen LogP) is 2.43. The lowest BCUT2D eigenvalue weighted by atomic mass is 9.96. The number of aliphatic hydroxyl groups excluding tert-OH is 1. The van der Waals surface area contributed by atoms with E-state index in [1.165, 1.54) is 38.5 Å². The SMILES string of the molecule is CCCCCCCCCCCCC(=O)OCC(O)COC(=O)CC(O)(CC(=O)O)C(=O)O. The Morgan fingerprint density at radius 2 is 1.22 bits per heavy atom. The Hall–Kier alpha value is -2.20. The maximum absolute atomic E-state index is 11.7. The Morgan fingerprint density at radius 1 is 0.750 bits per heavy atom. The van der Waals surface area contributed by atoms with E-state index in [-0.39, 0.29) is 6.42 Å². The number of unbranched alkanes of at least 4 members (excludes halogenated alkanes) is 9. The van der Waals surface area contributed by atoms with E-state index in [0.29, 0.717) is 6.42 Å². The van der Waals surface area contributed by atoms with Gasteiger partial charge in [0, 0.05) is 6.42 Å². The average molecular weight is 463 g/mol. The molecule has 0 aromatic carbocycles. The molecule has 0 aromatic heterocycles. The fraction of sp³-hybridized carbons (Fsp3) is 0.818. The van der Waals surface area contributed by atoms with Gasteiger partial charge in [0.15, 0.2) is 5.60 Å². The number of hydrogen-bond acceptors (Lipinski definition) is 8. The summed E-state index contributed by atoms with van der Waals surface area (Å²) >= 11 is 0. The number of carbonyl (C=O) groups is 4. The molecule has 32 heavy (non-hydrogen) atoms. The first-order valence-electron chi connectivity index (χ1n) is 11.3. The lowest BCUT2D eigenvalue weighted by Gasteiger charge is -2.20. The first-order chi connectivity index (χ1) is 15.1. The molecule has 10 heteroatoms. The van der Waals surface area contributed by atoms with Crippen LogP contribution in [0, 0.1) is 0 Å². The molecule has 0 heterocycles. The largest absolute Gasteiger partial charge is 0.481 e. The third kappa shape index (κ3) is 15.6. The van der Waals surface area contributed by atoms with E-state index in [4.69, 9.17) is 14.9 Å².